The van der Waals surface area contributed by atoms with E-state index in [9.17, 15) is 0 Å². The molecule has 1 aromatic rings. The van der Waals surface area contributed by atoms with E-state index in [0.29, 0.717) is 6.61 Å². The summed E-state index contributed by atoms with van der Waals surface area (Å²) in [4.78, 5) is 0. The number of rotatable bonds is 2. The number of anilines is 1. The van der Waals surface area contributed by atoms with Crippen molar-refractivity contribution in [3.63, 3.8) is 0 Å². The summed E-state index contributed by atoms with van der Waals surface area (Å²) in [6, 6.07) is 5.58. The second kappa shape index (κ2) is 4.19. The molecule has 1 heterocycles. The van der Waals surface area contributed by atoms with E-state index in [-0.39, 0.29) is 6.10 Å². The molecule has 76 valence electrons. The third-order valence-corrected chi connectivity index (χ3v) is 2.85. The number of nitrogens with two attached hydrogens (primary N) is 1. The Hall–Kier alpha value is -0.740. The van der Waals surface area contributed by atoms with Crippen LogP contribution < -0.4 is 10.5 Å². The Morgan fingerprint density at radius 1 is 1.50 bits per heavy atom. The molecule has 3 nitrogen and oxygen atoms in total. The van der Waals surface area contributed by atoms with Crippen molar-refractivity contribution >= 4 is 21.6 Å². The molecule has 0 bridgehead atoms. The Bertz CT molecular complexity index is 324. The van der Waals surface area contributed by atoms with E-state index in [2.05, 4.69) is 15.9 Å². The predicted molar refractivity (Wildman–Crippen MR) is 58.4 cm³/mol. The van der Waals surface area contributed by atoms with Crippen LogP contribution in [0.15, 0.2) is 22.7 Å². The number of hydrogen-bond donors (Lipinski definition) is 1. The summed E-state index contributed by atoms with van der Waals surface area (Å²) in [6.45, 7) is 1.48. The van der Waals surface area contributed by atoms with Crippen LogP contribution in [0.3, 0.4) is 0 Å². The minimum absolute atomic E-state index is 0.186. The predicted octanol–water partition coefficient (Wildman–Crippen LogP) is 2.20. The van der Waals surface area contributed by atoms with Crippen LogP contribution in [0.5, 0.6) is 5.75 Å². The fraction of sp³-hybridized carbons (Fsp3) is 0.400. The van der Waals surface area contributed by atoms with Crippen molar-refractivity contribution in [2.24, 2.45) is 0 Å². The van der Waals surface area contributed by atoms with Gasteiger partial charge in [0, 0.05) is 16.6 Å². The highest BCUT2D eigenvalue weighted by Crippen LogP contribution is 2.26. The molecule has 1 fully saturated rings. The fourth-order valence-electron chi connectivity index (χ4n) is 1.38. The lowest BCUT2D eigenvalue weighted by Gasteiger charge is -2.12. The average molecular weight is 258 g/mol. The summed E-state index contributed by atoms with van der Waals surface area (Å²) in [5.74, 6) is 0.835. The third kappa shape index (κ3) is 2.19. The number of benzene rings is 1. The normalized spacial score (nSPS) is 21.1. The second-order valence-corrected chi connectivity index (χ2v) is 4.14. The zero-order chi connectivity index (χ0) is 9.97. The van der Waals surface area contributed by atoms with Crippen LogP contribution in [-0.2, 0) is 4.74 Å². The van der Waals surface area contributed by atoms with E-state index in [1.807, 2.05) is 18.2 Å². The van der Waals surface area contributed by atoms with Crippen molar-refractivity contribution in [1.82, 2.24) is 0 Å². The molecular weight excluding hydrogens is 246 g/mol. The summed E-state index contributed by atoms with van der Waals surface area (Å²) in [6.07, 6.45) is 1.15. The highest BCUT2D eigenvalue weighted by atomic mass is 79.9. The average Bonchev–Trinajstić information content (AvgIpc) is 2.64. The highest BCUT2D eigenvalue weighted by molar-refractivity contribution is 9.10. The van der Waals surface area contributed by atoms with Gasteiger partial charge in [-0.2, -0.15) is 0 Å². The Morgan fingerprint density at radius 3 is 3.00 bits per heavy atom. The first-order valence-corrected chi connectivity index (χ1v) is 5.34. The topological polar surface area (TPSA) is 44.5 Å². The molecule has 0 spiro atoms. The first-order chi connectivity index (χ1) is 6.75. The summed E-state index contributed by atoms with van der Waals surface area (Å²) < 4.78 is 11.8. The molecule has 0 aromatic heterocycles. The molecule has 1 aromatic carbocycles. The summed E-state index contributed by atoms with van der Waals surface area (Å²) in [5, 5.41) is 0. The monoisotopic (exact) mass is 257 g/mol. The lowest BCUT2D eigenvalue weighted by Crippen LogP contribution is -2.15. The van der Waals surface area contributed by atoms with Crippen LogP contribution in [0.4, 0.5) is 5.69 Å². The van der Waals surface area contributed by atoms with E-state index < -0.39 is 0 Å². The molecule has 0 radical (unpaired) electrons. The first-order valence-electron chi connectivity index (χ1n) is 4.55. The molecule has 0 amide bonds. The summed E-state index contributed by atoms with van der Waals surface area (Å²) in [7, 11) is 0. The van der Waals surface area contributed by atoms with E-state index in [1.54, 1.807) is 0 Å². The summed E-state index contributed by atoms with van der Waals surface area (Å²) in [5.41, 5.74) is 6.39. The van der Waals surface area contributed by atoms with Gasteiger partial charge >= 0.3 is 0 Å². The van der Waals surface area contributed by atoms with Gasteiger partial charge in [-0.05, 0) is 34.1 Å². The minimum atomic E-state index is 0.186. The van der Waals surface area contributed by atoms with Crippen molar-refractivity contribution in [3.05, 3.63) is 22.7 Å². The lowest BCUT2D eigenvalue weighted by molar-refractivity contribution is 0.141. The maximum Gasteiger partial charge on any atom is 0.124 e. The van der Waals surface area contributed by atoms with Crippen molar-refractivity contribution in [2.75, 3.05) is 18.9 Å². The first kappa shape index (κ1) is 9.80. The molecule has 1 saturated heterocycles. The van der Waals surface area contributed by atoms with Gasteiger partial charge in [0.25, 0.3) is 0 Å². The quantitative estimate of drug-likeness (QED) is 0.827. The van der Waals surface area contributed by atoms with Crippen molar-refractivity contribution < 1.29 is 9.47 Å². The zero-order valence-electron chi connectivity index (χ0n) is 7.70. The van der Waals surface area contributed by atoms with Crippen molar-refractivity contribution in [3.8, 4) is 5.75 Å². The Kier molecular flexibility index (Phi) is 2.93. The van der Waals surface area contributed by atoms with Gasteiger partial charge in [0.1, 0.15) is 11.9 Å². The van der Waals surface area contributed by atoms with Gasteiger partial charge in [-0.3, -0.25) is 0 Å². The van der Waals surface area contributed by atoms with Crippen LogP contribution in [0.25, 0.3) is 0 Å². The van der Waals surface area contributed by atoms with Gasteiger partial charge in [-0.15, -0.1) is 0 Å². The molecule has 4 heteroatoms. The number of ether oxygens (including phenoxy) is 2. The molecule has 1 aliphatic rings. The maximum atomic E-state index is 5.70. The van der Waals surface area contributed by atoms with Gasteiger partial charge in [0.2, 0.25) is 0 Å². The van der Waals surface area contributed by atoms with Crippen molar-refractivity contribution in [2.45, 2.75) is 12.5 Å². The molecule has 2 N–H and O–H groups in total. The summed E-state index contributed by atoms with van der Waals surface area (Å²) >= 11 is 3.36. The van der Waals surface area contributed by atoms with Gasteiger partial charge < -0.3 is 15.2 Å². The largest absolute Gasteiger partial charge is 0.488 e. The Balaban J connectivity index is 2.05. The SMILES string of the molecule is Nc1ccc(OC2CCOC2)cc1Br. The Labute approximate surface area is 91.3 Å². The van der Waals surface area contributed by atoms with E-state index >= 15 is 0 Å². The van der Waals surface area contributed by atoms with Crippen LogP contribution in [0, 0.1) is 0 Å². The smallest absolute Gasteiger partial charge is 0.124 e. The molecule has 0 saturated carbocycles. The van der Waals surface area contributed by atoms with Gasteiger partial charge in [0.05, 0.1) is 13.2 Å². The van der Waals surface area contributed by atoms with E-state index in [0.717, 1.165) is 28.9 Å². The van der Waals surface area contributed by atoms with Crippen LogP contribution in [0.2, 0.25) is 0 Å². The fourth-order valence-corrected chi connectivity index (χ4v) is 1.74. The maximum absolute atomic E-state index is 5.70. The molecule has 2 rings (SSSR count). The second-order valence-electron chi connectivity index (χ2n) is 3.29. The van der Waals surface area contributed by atoms with Gasteiger partial charge in [-0.25, -0.2) is 0 Å². The minimum Gasteiger partial charge on any atom is -0.488 e. The molecule has 1 atom stereocenters. The van der Waals surface area contributed by atoms with Gasteiger partial charge in [0.15, 0.2) is 0 Å². The standard InChI is InChI=1S/C10H12BrNO2/c11-9-5-7(1-2-10(9)12)14-8-3-4-13-6-8/h1-2,5,8H,3-4,6,12H2. The molecule has 14 heavy (non-hydrogen) atoms. The lowest BCUT2D eigenvalue weighted by atomic mass is 10.3. The number of nitrogen functional groups attached to an aromatic ring is 1. The third-order valence-electron chi connectivity index (χ3n) is 2.16. The van der Waals surface area contributed by atoms with E-state index in [4.69, 9.17) is 15.2 Å². The Morgan fingerprint density at radius 2 is 2.36 bits per heavy atom. The molecule has 1 unspecified atom stereocenters. The zero-order valence-corrected chi connectivity index (χ0v) is 9.29. The van der Waals surface area contributed by atoms with Crippen molar-refractivity contribution in [1.29, 1.82) is 0 Å². The number of halogens is 1. The number of hydrogen-bond acceptors (Lipinski definition) is 3. The highest BCUT2D eigenvalue weighted by Gasteiger charge is 2.17. The van der Waals surface area contributed by atoms with Crippen LogP contribution in [-0.4, -0.2) is 19.3 Å². The van der Waals surface area contributed by atoms with E-state index in [1.165, 1.54) is 0 Å². The van der Waals surface area contributed by atoms with Crippen LogP contribution in [0.1, 0.15) is 6.42 Å². The van der Waals surface area contributed by atoms with Gasteiger partial charge in [-0.1, -0.05) is 0 Å². The molecule has 0 aliphatic carbocycles. The molecule has 1 aliphatic heterocycles. The molecular formula is C10H12BrNO2. The van der Waals surface area contributed by atoms with Crippen LogP contribution >= 0.6 is 15.9 Å².